The Morgan fingerprint density at radius 1 is 1.04 bits per heavy atom. The summed E-state index contributed by atoms with van der Waals surface area (Å²) in [4.78, 5) is 20.2. The molecule has 0 fully saturated rings. The predicted molar refractivity (Wildman–Crippen MR) is 92.0 cm³/mol. The van der Waals surface area contributed by atoms with Crippen molar-refractivity contribution in [2.24, 2.45) is 0 Å². The zero-order valence-electron chi connectivity index (χ0n) is 12.8. The number of fused-ring (bicyclic) bond motifs is 1. The van der Waals surface area contributed by atoms with Gasteiger partial charge in [-0.25, -0.2) is 4.98 Å². The highest BCUT2D eigenvalue weighted by molar-refractivity contribution is 6.10. The van der Waals surface area contributed by atoms with Gasteiger partial charge in [-0.05, 0) is 30.3 Å². The molecule has 0 saturated carbocycles. The van der Waals surface area contributed by atoms with E-state index in [9.17, 15) is 4.79 Å². The second-order valence-electron chi connectivity index (χ2n) is 5.45. The molecule has 0 unspecified atom stereocenters. The Kier molecular flexibility index (Phi) is 3.59. The number of H-pyrrole nitrogens is 1. The summed E-state index contributed by atoms with van der Waals surface area (Å²) in [7, 11) is 0. The molecule has 0 aliphatic heterocycles. The number of aromatic nitrogens is 2. The molecule has 24 heavy (non-hydrogen) atoms. The van der Waals surface area contributed by atoms with Gasteiger partial charge in [0.1, 0.15) is 5.76 Å². The maximum atomic E-state index is 12.5. The fraction of sp³-hybridized carbons (Fsp3) is 0.0526. The van der Waals surface area contributed by atoms with Crippen LogP contribution in [0.15, 0.2) is 71.3 Å². The molecule has 0 bridgehead atoms. The van der Waals surface area contributed by atoms with E-state index in [1.807, 2.05) is 54.6 Å². The van der Waals surface area contributed by atoms with Crippen LogP contribution in [-0.4, -0.2) is 15.8 Å². The van der Waals surface area contributed by atoms with E-state index < -0.39 is 0 Å². The Morgan fingerprint density at radius 3 is 2.71 bits per heavy atom. The molecule has 0 radical (unpaired) electrons. The monoisotopic (exact) mass is 317 g/mol. The summed E-state index contributed by atoms with van der Waals surface area (Å²) in [6.45, 7) is 0.544. The highest BCUT2D eigenvalue weighted by atomic mass is 16.3. The Labute approximate surface area is 138 Å². The van der Waals surface area contributed by atoms with E-state index in [1.165, 1.54) is 0 Å². The van der Waals surface area contributed by atoms with Crippen LogP contribution >= 0.6 is 0 Å². The molecule has 0 amide bonds. The van der Waals surface area contributed by atoms with Crippen molar-refractivity contribution in [2.45, 2.75) is 6.54 Å². The number of aromatic amines is 1. The van der Waals surface area contributed by atoms with E-state index >= 15 is 0 Å². The molecule has 2 aromatic carbocycles. The zero-order chi connectivity index (χ0) is 16.4. The van der Waals surface area contributed by atoms with Crippen LogP contribution < -0.4 is 5.32 Å². The lowest BCUT2D eigenvalue weighted by atomic mass is 10.0. The van der Waals surface area contributed by atoms with Gasteiger partial charge in [0.15, 0.2) is 5.78 Å². The van der Waals surface area contributed by atoms with Gasteiger partial charge in [0.2, 0.25) is 5.95 Å². The highest BCUT2D eigenvalue weighted by Crippen LogP contribution is 2.19. The lowest BCUT2D eigenvalue weighted by Crippen LogP contribution is -2.00. The minimum Gasteiger partial charge on any atom is -0.467 e. The minimum atomic E-state index is -0.00260. The van der Waals surface area contributed by atoms with Gasteiger partial charge in [-0.15, -0.1) is 0 Å². The smallest absolute Gasteiger partial charge is 0.201 e. The summed E-state index contributed by atoms with van der Waals surface area (Å²) >= 11 is 0. The molecule has 4 rings (SSSR count). The number of imidazole rings is 1. The molecule has 0 aliphatic carbocycles. The summed E-state index contributed by atoms with van der Waals surface area (Å²) in [6, 6.07) is 18.5. The molecule has 2 N–H and O–H groups in total. The number of nitrogens with zero attached hydrogens (tertiary/aromatic N) is 1. The second-order valence-corrected chi connectivity index (χ2v) is 5.45. The van der Waals surface area contributed by atoms with Crippen LogP contribution in [0, 0.1) is 0 Å². The third kappa shape index (κ3) is 2.79. The Morgan fingerprint density at radius 2 is 1.92 bits per heavy atom. The van der Waals surface area contributed by atoms with E-state index in [2.05, 4.69) is 15.3 Å². The van der Waals surface area contributed by atoms with Crippen LogP contribution in [0.25, 0.3) is 11.0 Å². The number of hydrogen-bond acceptors (Lipinski definition) is 4. The normalized spacial score (nSPS) is 10.8. The first kappa shape index (κ1) is 14.3. The average Bonchev–Trinajstić information content (AvgIpc) is 3.28. The molecule has 2 aromatic heterocycles. The molecule has 4 aromatic rings. The van der Waals surface area contributed by atoms with Crippen LogP contribution in [0.4, 0.5) is 5.95 Å². The summed E-state index contributed by atoms with van der Waals surface area (Å²) < 4.78 is 5.28. The third-order valence-corrected chi connectivity index (χ3v) is 3.79. The van der Waals surface area contributed by atoms with Crippen LogP contribution in [0.1, 0.15) is 21.7 Å². The van der Waals surface area contributed by atoms with Crippen molar-refractivity contribution in [1.82, 2.24) is 9.97 Å². The summed E-state index contributed by atoms with van der Waals surface area (Å²) in [6.07, 6.45) is 1.64. The first-order valence-electron chi connectivity index (χ1n) is 7.65. The maximum absolute atomic E-state index is 12.5. The molecule has 0 atom stereocenters. The van der Waals surface area contributed by atoms with Crippen LogP contribution in [0.3, 0.4) is 0 Å². The zero-order valence-corrected chi connectivity index (χ0v) is 12.8. The van der Waals surface area contributed by atoms with Crippen molar-refractivity contribution in [3.63, 3.8) is 0 Å². The molecular formula is C19H15N3O2. The average molecular weight is 317 g/mol. The Balaban J connectivity index is 1.58. The van der Waals surface area contributed by atoms with Crippen molar-refractivity contribution in [3.8, 4) is 0 Å². The van der Waals surface area contributed by atoms with Crippen molar-refractivity contribution in [1.29, 1.82) is 0 Å². The fourth-order valence-corrected chi connectivity index (χ4v) is 2.57. The molecule has 0 saturated heterocycles. The van der Waals surface area contributed by atoms with Gasteiger partial charge in [0.25, 0.3) is 0 Å². The van der Waals surface area contributed by atoms with Crippen molar-refractivity contribution < 1.29 is 9.21 Å². The minimum absolute atomic E-state index is 0.00260. The number of furan rings is 1. The highest BCUT2D eigenvalue weighted by Gasteiger charge is 2.11. The van der Waals surface area contributed by atoms with Crippen molar-refractivity contribution in [2.75, 3.05) is 5.32 Å². The van der Waals surface area contributed by atoms with Gasteiger partial charge in [-0.3, -0.25) is 4.79 Å². The van der Waals surface area contributed by atoms with Gasteiger partial charge in [-0.1, -0.05) is 30.3 Å². The van der Waals surface area contributed by atoms with E-state index in [0.717, 1.165) is 16.8 Å². The number of hydrogen-bond donors (Lipinski definition) is 2. The second kappa shape index (κ2) is 6.04. The van der Waals surface area contributed by atoms with E-state index in [4.69, 9.17) is 4.42 Å². The van der Waals surface area contributed by atoms with E-state index in [0.29, 0.717) is 23.6 Å². The van der Waals surface area contributed by atoms with Crippen LogP contribution in [0.5, 0.6) is 0 Å². The number of nitrogens with one attached hydrogen (secondary N) is 2. The Bertz CT molecular complexity index is 972. The van der Waals surface area contributed by atoms with Crippen LogP contribution in [0.2, 0.25) is 0 Å². The summed E-state index contributed by atoms with van der Waals surface area (Å²) in [5.74, 6) is 1.47. The number of ketones is 1. The number of anilines is 1. The molecular weight excluding hydrogens is 302 g/mol. The molecule has 2 heterocycles. The van der Waals surface area contributed by atoms with Gasteiger partial charge in [0.05, 0.1) is 23.8 Å². The Hall–Kier alpha value is -3.34. The molecule has 118 valence electrons. The quantitative estimate of drug-likeness (QED) is 0.546. The third-order valence-electron chi connectivity index (χ3n) is 3.79. The lowest BCUT2D eigenvalue weighted by molar-refractivity contribution is 0.103. The van der Waals surface area contributed by atoms with Crippen molar-refractivity contribution >= 4 is 22.8 Å². The first-order chi connectivity index (χ1) is 11.8. The largest absolute Gasteiger partial charge is 0.467 e. The van der Waals surface area contributed by atoms with Crippen molar-refractivity contribution in [3.05, 3.63) is 83.8 Å². The SMILES string of the molecule is O=C(c1ccccc1)c1ccc2nc(NCc3ccco3)[nH]c2c1. The van der Waals surface area contributed by atoms with Gasteiger partial charge in [-0.2, -0.15) is 0 Å². The van der Waals surface area contributed by atoms with Gasteiger partial charge in [0, 0.05) is 11.1 Å². The summed E-state index contributed by atoms with van der Waals surface area (Å²) in [5.41, 5.74) is 2.93. The lowest BCUT2D eigenvalue weighted by Gasteiger charge is -2.00. The number of carbonyl (C=O) groups excluding carboxylic acids is 1. The van der Waals surface area contributed by atoms with Gasteiger partial charge < -0.3 is 14.7 Å². The molecule has 5 nitrogen and oxygen atoms in total. The predicted octanol–water partition coefficient (Wildman–Crippen LogP) is 4.00. The summed E-state index contributed by atoms with van der Waals surface area (Å²) in [5, 5.41) is 3.17. The molecule has 5 heteroatoms. The van der Waals surface area contributed by atoms with Gasteiger partial charge >= 0.3 is 0 Å². The standard InChI is InChI=1S/C19H15N3O2/c23-18(13-5-2-1-3-6-13)14-8-9-16-17(11-14)22-19(21-16)20-12-15-7-4-10-24-15/h1-11H,12H2,(H2,20,21,22). The van der Waals surface area contributed by atoms with Crippen LogP contribution in [-0.2, 0) is 6.54 Å². The maximum Gasteiger partial charge on any atom is 0.201 e. The first-order valence-corrected chi connectivity index (χ1v) is 7.65. The number of rotatable bonds is 5. The fourth-order valence-electron chi connectivity index (χ4n) is 2.57. The number of carbonyl (C=O) groups is 1. The molecule has 0 aliphatic rings. The molecule has 0 spiro atoms. The van der Waals surface area contributed by atoms with E-state index in [-0.39, 0.29) is 5.78 Å². The number of benzene rings is 2. The van der Waals surface area contributed by atoms with E-state index in [1.54, 1.807) is 12.3 Å². The topological polar surface area (TPSA) is 70.9 Å².